The molecular formula is C23H29NO4. The minimum absolute atomic E-state index is 0.100. The second kappa shape index (κ2) is 9.71. The molecule has 0 amide bonds. The smallest absolute Gasteiger partial charge is 0.313 e. The Morgan fingerprint density at radius 2 is 2.04 bits per heavy atom. The maximum atomic E-state index is 12.9. The Kier molecular flexibility index (Phi) is 7.06. The number of likely N-dealkylation sites (tertiary alicyclic amines) is 1. The summed E-state index contributed by atoms with van der Waals surface area (Å²) in [6, 6.07) is 13.8. The third kappa shape index (κ3) is 5.12. The highest BCUT2D eigenvalue weighted by Gasteiger charge is 2.42. The molecule has 0 saturated carbocycles. The molecule has 5 nitrogen and oxygen atoms in total. The Morgan fingerprint density at radius 1 is 1.25 bits per heavy atom. The molecule has 150 valence electrons. The third-order valence-electron chi connectivity index (χ3n) is 5.24. The highest BCUT2D eigenvalue weighted by atomic mass is 16.5. The first-order chi connectivity index (χ1) is 13.6. The fraction of sp³-hybridized carbons (Fsp3) is 0.435. The van der Waals surface area contributed by atoms with Crippen molar-refractivity contribution in [3.8, 4) is 0 Å². The number of hydrogen-bond acceptors (Lipinski definition) is 5. The first kappa shape index (κ1) is 20.4. The number of carbonyl (C=O) groups is 1. The lowest BCUT2D eigenvalue weighted by Crippen LogP contribution is -2.48. The number of aliphatic hydroxyl groups excluding tert-OH is 1. The van der Waals surface area contributed by atoms with Gasteiger partial charge in [0.25, 0.3) is 0 Å². The largest absolute Gasteiger partial charge is 0.466 e. The molecule has 0 aliphatic carbocycles. The van der Waals surface area contributed by atoms with E-state index in [-0.39, 0.29) is 12.6 Å². The number of carbonyl (C=O) groups excluding carboxylic acids is 1. The Hall–Kier alpha value is -2.37. The van der Waals surface area contributed by atoms with Crippen LogP contribution in [0.5, 0.6) is 0 Å². The maximum absolute atomic E-state index is 12.9. The van der Waals surface area contributed by atoms with Crippen molar-refractivity contribution in [1.82, 2.24) is 4.90 Å². The molecule has 1 atom stereocenters. The minimum Gasteiger partial charge on any atom is -0.466 e. The Balaban J connectivity index is 1.72. The number of furan rings is 1. The number of hydrogen-bond donors (Lipinski definition) is 1. The summed E-state index contributed by atoms with van der Waals surface area (Å²) in [5.74, 6) is 1.26. The fourth-order valence-corrected chi connectivity index (χ4v) is 3.86. The molecule has 5 heteroatoms. The van der Waals surface area contributed by atoms with Crippen LogP contribution in [0.25, 0.3) is 6.08 Å². The van der Waals surface area contributed by atoms with Gasteiger partial charge in [-0.15, -0.1) is 0 Å². The van der Waals surface area contributed by atoms with Crippen molar-refractivity contribution < 1.29 is 19.1 Å². The van der Waals surface area contributed by atoms with Crippen molar-refractivity contribution in [2.75, 3.05) is 19.7 Å². The number of rotatable bonds is 8. The predicted molar refractivity (Wildman–Crippen MR) is 108 cm³/mol. The Bertz CT molecular complexity index is 783. The van der Waals surface area contributed by atoms with Crippen LogP contribution in [-0.4, -0.2) is 35.7 Å². The van der Waals surface area contributed by atoms with Crippen molar-refractivity contribution in [3.63, 3.8) is 0 Å². The standard InChI is InChI=1S/C23H29NO4/c1-2-27-22(26)23(13-6-10-19-8-4-3-5-9-19)14-7-15-24(18-23)16-20-11-12-21(17-25)28-20/h3-6,8-12,25H,2,7,13-18H2,1H3. The fourth-order valence-electron chi connectivity index (χ4n) is 3.86. The van der Waals surface area contributed by atoms with Crippen molar-refractivity contribution in [2.45, 2.75) is 39.3 Å². The van der Waals surface area contributed by atoms with E-state index in [4.69, 9.17) is 9.15 Å². The van der Waals surface area contributed by atoms with Gasteiger partial charge in [-0.3, -0.25) is 9.69 Å². The zero-order valence-corrected chi connectivity index (χ0v) is 16.5. The van der Waals surface area contributed by atoms with E-state index in [1.807, 2.05) is 31.2 Å². The number of benzene rings is 1. The van der Waals surface area contributed by atoms with E-state index in [0.717, 1.165) is 30.7 Å². The number of ether oxygens (including phenoxy) is 1. The zero-order chi connectivity index (χ0) is 19.8. The van der Waals surface area contributed by atoms with Gasteiger partial charge in [0.15, 0.2) is 0 Å². The van der Waals surface area contributed by atoms with Crippen LogP contribution >= 0.6 is 0 Å². The SMILES string of the molecule is CCOC(=O)C1(CC=Cc2ccccc2)CCCN(Cc2ccc(CO)o2)C1. The van der Waals surface area contributed by atoms with E-state index in [2.05, 4.69) is 29.2 Å². The second-order valence-corrected chi connectivity index (χ2v) is 7.36. The number of piperidine rings is 1. The molecule has 0 radical (unpaired) electrons. The van der Waals surface area contributed by atoms with Crippen LogP contribution in [0.2, 0.25) is 0 Å². The van der Waals surface area contributed by atoms with Crippen molar-refractivity contribution in [3.05, 3.63) is 65.6 Å². The van der Waals surface area contributed by atoms with Crippen LogP contribution in [0, 0.1) is 5.41 Å². The summed E-state index contributed by atoms with van der Waals surface area (Å²) in [7, 11) is 0. The number of nitrogens with zero attached hydrogens (tertiary/aromatic N) is 1. The highest BCUT2D eigenvalue weighted by Crippen LogP contribution is 2.36. The highest BCUT2D eigenvalue weighted by molar-refractivity contribution is 5.77. The van der Waals surface area contributed by atoms with E-state index in [0.29, 0.717) is 31.9 Å². The molecule has 2 aromatic rings. The van der Waals surface area contributed by atoms with Crippen LogP contribution in [0.3, 0.4) is 0 Å². The molecular weight excluding hydrogens is 354 g/mol. The van der Waals surface area contributed by atoms with Gasteiger partial charge in [-0.2, -0.15) is 0 Å². The lowest BCUT2D eigenvalue weighted by molar-refractivity contribution is -0.159. The monoisotopic (exact) mass is 383 g/mol. The molecule has 1 N–H and O–H groups in total. The van der Waals surface area contributed by atoms with E-state index < -0.39 is 5.41 Å². The van der Waals surface area contributed by atoms with Crippen molar-refractivity contribution in [2.24, 2.45) is 5.41 Å². The molecule has 1 aliphatic heterocycles. The minimum atomic E-state index is -0.536. The summed E-state index contributed by atoms with van der Waals surface area (Å²) >= 11 is 0. The third-order valence-corrected chi connectivity index (χ3v) is 5.24. The Labute approximate surface area is 166 Å². The van der Waals surface area contributed by atoms with Gasteiger partial charge >= 0.3 is 5.97 Å². The predicted octanol–water partition coefficient (Wildman–Crippen LogP) is 4.02. The Morgan fingerprint density at radius 3 is 2.75 bits per heavy atom. The molecule has 1 aliphatic rings. The summed E-state index contributed by atoms with van der Waals surface area (Å²) in [4.78, 5) is 15.1. The van der Waals surface area contributed by atoms with Crippen LogP contribution in [0.15, 0.2) is 53.0 Å². The quantitative estimate of drug-likeness (QED) is 0.698. The number of esters is 1. The molecule has 1 unspecified atom stereocenters. The van der Waals surface area contributed by atoms with Crippen LogP contribution < -0.4 is 0 Å². The van der Waals surface area contributed by atoms with E-state index in [1.54, 1.807) is 6.07 Å². The van der Waals surface area contributed by atoms with E-state index >= 15 is 0 Å². The summed E-state index contributed by atoms with van der Waals surface area (Å²) in [6.07, 6.45) is 6.57. The molecule has 1 aromatic heterocycles. The van der Waals surface area contributed by atoms with E-state index in [9.17, 15) is 9.90 Å². The summed E-state index contributed by atoms with van der Waals surface area (Å²) < 4.78 is 11.1. The molecule has 0 bridgehead atoms. The molecule has 1 aromatic carbocycles. The van der Waals surface area contributed by atoms with Gasteiger partial charge < -0.3 is 14.3 Å². The van der Waals surface area contributed by atoms with Crippen molar-refractivity contribution in [1.29, 1.82) is 0 Å². The first-order valence-corrected chi connectivity index (χ1v) is 9.95. The van der Waals surface area contributed by atoms with Crippen LogP contribution in [0.4, 0.5) is 0 Å². The van der Waals surface area contributed by atoms with E-state index in [1.165, 1.54) is 0 Å². The molecule has 1 saturated heterocycles. The second-order valence-electron chi connectivity index (χ2n) is 7.36. The molecule has 2 heterocycles. The van der Waals surface area contributed by atoms with Crippen LogP contribution in [-0.2, 0) is 22.7 Å². The summed E-state index contributed by atoms with van der Waals surface area (Å²) in [6.45, 7) is 4.33. The average Bonchev–Trinajstić information content (AvgIpc) is 3.17. The van der Waals surface area contributed by atoms with Crippen molar-refractivity contribution >= 4 is 12.0 Å². The zero-order valence-electron chi connectivity index (χ0n) is 16.5. The molecule has 3 rings (SSSR count). The lowest BCUT2D eigenvalue weighted by atomic mass is 9.76. The summed E-state index contributed by atoms with van der Waals surface area (Å²) in [5, 5.41) is 9.19. The average molecular weight is 383 g/mol. The molecule has 1 fully saturated rings. The molecule has 28 heavy (non-hydrogen) atoms. The van der Waals surface area contributed by atoms with Gasteiger partial charge in [0.05, 0.1) is 18.6 Å². The topological polar surface area (TPSA) is 62.9 Å². The van der Waals surface area contributed by atoms with Crippen LogP contribution in [0.1, 0.15) is 43.3 Å². The summed E-state index contributed by atoms with van der Waals surface area (Å²) in [5.41, 5.74) is 0.590. The number of aliphatic hydroxyl groups is 1. The first-order valence-electron chi connectivity index (χ1n) is 9.95. The van der Waals surface area contributed by atoms with Gasteiger partial charge in [-0.1, -0.05) is 42.5 Å². The normalized spacial score (nSPS) is 20.5. The lowest BCUT2D eigenvalue weighted by Gasteiger charge is -2.40. The maximum Gasteiger partial charge on any atom is 0.313 e. The van der Waals surface area contributed by atoms with Gasteiger partial charge in [0, 0.05) is 6.54 Å². The van der Waals surface area contributed by atoms with Gasteiger partial charge in [-0.25, -0.2) is 0 Å². The van der Waals surface area contributed by atoms with Gasteiger partial charge in [0.1, 0.15) is 18.1 Å². The van der Waals surface area contributed by atoms with Gasteiger partial charge in [-0.05, 0) is 50.4 Å². The molecule has 0 spiro atoms. The number of allylic oxidation sites excluding steroid dienone is 1. The van der Waals surface area contributed by atoms with Gasteiger partial charge in [0.2, 0.25) is 0 Å².